The number of aromatic amines is 1. The van der Waals surface area contributed by atoms with E-state index in [0.29, 0.717) is 11.7 Å². The van der Waals surface area contributed by atoms with E-state index < -0.39 is 5.91 Å². The summed E-state index contributed by atoms with van der Waals surface area (Å²) in [5.41, 5.74) is 5.44. The van der Waals surface area contributed by atoms with Gasteiger partial charge in [0.25, 0.3) is 5.91 Å². The van der Waals surface area contributed by atoms with Crippen LogP contribution in [0.25, 0.3) is 0 Å². The molecule has 1 aromatic heterocycles. The molecule has 0 radical (unpaired) electrons. The first kappa shape index (κ1) is 13.1. The van der Waals surface area contributed by atoms with Crippen molar-refractivity contribution in [3.63, 3.8) is 0 Å². The number of hydrogen-bond acceptors (Lipinski definition) is 4. The highest BCUT2D eigenvalue weighted by molar-refractivity contribution is 5.95. The highest BCUT2D eigenvalue weighted by atomic mass is 16.1. The Morgan fingerprint density at radius 3 is 2.65 bits per heavy atom. The molecule has 0 aliphatic carbocycles. The average molecular weight is 238 g/mol. The Balaban J connectivity index is 3.01. The zero-order valence-corrected chi connectivity index (χ0v) is 10.6. The second-order valence-electron chi connectivity index (χ2n) is 4.38. The summed E-state index contributed by atoms with van der Waals surface area (Å²) in [6.45, 7) is 4.13. The molecule has 0 saturated heterocycles. The lowest BCUT2D eigenvalue weighted by atomic mass is 10.1. The van der Waals surface area contributed by atoms with E-state index in [-0.39, 0.29) is 11.5 Å². The lowest BCUT2D eigenvalue weighted by Gasteiger charge is -1.99. The molecule has 0 spiro atoms. The molecule has 7 nitrogen and oxygen atoms in total. The molecule has 1 rings (SSSR count). The van der Waals surface area contributed by atoms with Crippen LogP contribution in [0.3, 0.4) is 0 Å². The predicted molar refractivity (Wildman–Crippen MR) is 63.9 cm³/mol. The van der Waals surface area contributed by atoms with Gasteiger partial charge >= 0.3 is 0 Å². The van der Waals surface area contributed by atoms with Crippen molar-refractivity contribution in [1.29, 1.82) is 0 Å². The monoisotopic (exact) mass is 238 g/mol. The van der Waals surface area contributed by atoms with Crippen LogP contribution in [-0.2, 0) is 6.42 Å². The van der Waals surface area contributed by atoms with E-state index in [0.717, 1.165) is 6.42 Å². The van der Waals surface area contributed by atoms with Crippen molar-refractivity contribution in [2.75, 3.05) is 14.1 Å². The molecule has 0 aliphatic heterocycles. The Morgan fingerprint density at radius 2 is 2.18 bits per heavy atom. The van der Waals surface area contributed by atoms with Crippen molar-refractivity contribution in [3.8, 4) is 0 Å². The van der Waals surface area contributed by atoms with E-state index in [1.54, 1.807) is 14.1 Å². The molecule has 94 valence electrons. The number of nitrogens with two attached hydrogens (primary N) is 1. The van der Waals surface area contributed by atoms with Crippen LogP contribution in [0, 0.1) is 5.92 Å². The second-order valence-corrected chi connectivity index (χ2v) is 4.38. The van der Waals surface area contributed by atoms with Gasteiger partial charge < -0.3 is 10.7 Å². The van der Waals surface area contributed by atoms with Gasteiger partial charge in [0, 0.05) is 20.5 Å². The Kier molecular flexibility index (Phi) is 4.19. The van der Waals surface area contributed by atoms with Crippen LogP contribution in [0.15, 0.2) is 10.3 Å². The van der Waals surface area contributed by atoms with Crippen LogP contribution >= 0.6 is 0 Å². The maximum absolute atomic E-state index is 11.2. The van der Waals surface area contributed by atoms with Gasteiger partial charge in [0.05, 0.1) is 0 Å². The Hall–Kier alpha value is -1.92. The molecule has 1 amide bonds. The summed E-state index contributed by atoms with van der Waals surface area (Å²) in [6, 6.07) is 0. The molecule has 0 unspecified atom stereocenters. The molecule has 0 saturated carbocycles. The van der Waals surface area contributed by atoms with E-state index in [9.17, 15) is 4.79 Å². The fourth-order valence-corrected chi connectivity index (χ4v) is 1.27. The number of imidazole rings is 1. The summed E-state index contributed by atoms with van der Waals surface area (Å²) < 4.78 is 0. The highest BCUT2D eigenvalue weighted by Crippen LogP contribution is 2.18. The first-order chi connectivity index (χ1) is 7.90. The molecule has 17 heavy (non-hydrogen) atoms. The average Bonchev–Trinajstić information content (AvgIpc) is 2.57. The third kappa shape index (κ3) is 3.86. The van der Waals surface area contributed by atoms with E-state index in [1.165, 1.54) is 5.01 Å². The van der Waals surface area contributed by atoms with Gasteiger partial charge in [-0.1, -0.05) is 19.1 Å². The smallest absolute Gasteiger partial charge is 0.269 e. The maximum Gasteiger partial charge on any atom is 0.269 e. The van der Waals surface area contributed by atoms with Crippen molar-refractivity contribution >= 4 is 11.7 Å². The molecule has 0 atom stereocenters. The zero-order valence-electron chi connectivity index (χ0n) is 10.6. The topological polar surface area (TPSA) is 99.7 Å². The predicted octanol–water partition coefficient (Wildman–Crippen LogP) is 1.27. The van der Waals surface area contributed by atoms with E-state index >= 15 is 0 Å². The lowest BCUT2D eigenvalue weighted by molar-refractivity contribution is 0.0996. The number of nitrogens with zero attached hydrogens (tertiary/aromatic N) is 4. The molecule has 0 aromatic carbocycles. The number of H-pyrrole nitrogens is 1. The number of carbonyl (C=O) groups excluding carboxylic acids is 1. The van der Waals surface area contributed by atoms with E-state index in [1.807, 2.05) is 0 Å². The summed E-state index contributed by atoms with van der Waals surface area (Å²) in [5, 5.41) is 9.18. The fraction of sp³-hybridized carbons (Fsp3) is 0.600. The molecular formula is C10H18N6O. The first-order valence-electron chi connectivity index (χ1n) is 5.37. The quantitative estimate of drug-likeness (QED) is 0.596. The molecule has 7 heteroatoms. The van der Waals surface area contributed by atoms with Gasteiger partial charge in [-0.05, 0) is 5.92 Å². The molecule has 3 N–H and O–H groups in total. The normalized spacial score (nSPS) is 11.4. The highest BCUT2D eigenvalue weighted by Gasteiger charge is 2.15. The van der Waals surface area contributed by atoms with E-state index in [4.69, 9.17) is 5.73 Å². The van der Waals surface area contributed by atoms with Gasteiger partial charge in [-0.25, -0.2) is 4.98 Å². The Labute approximate surface area is 100 Å². The second kappa shape index (κ2) is 5.42. The minimum absolute atomic E-state index is 0.200. The lowest BCUT2D eigenvalue weighted by Crippen LogP contribution is -2.12. The van der Waals surface area contributed by atoms with Crippen LogP contribution < -0.4 is 5.73 Å². The standard InChI is InChI=1S/C10H18N6O/c1-6(2)5-7-12-8(9(11)17)10(13-7)14-15-16(3)4/h6H,5H2,1-4H3,(H2,11,17)(H,12,13). The number of hydrogen-bond donors (Lipinski definition) is 2. The molecule has 1 aromatic rings. The molecule has 0 fully saturated rings. The van der Waals surface area contributed by atoms with Crippen molar-refractivity contribution in [2.45, 2.75) is 20.3 Å². The summed E-state index contributed by atoms with van der Waals surface area (Å²) >= 11 is 0. The summed E-state index contributed by atoms with van der Waals surface area (Å²) in [6.07, 6.45) is 0.734. The molecule has 1 heterocycles. The fourth-order valence-electron chi connectivity index (χ4n) is 1.27. The zero-order chi connectivity index (χ0) is 13.0. The van der Waals surface area contributed by atoms with Crippen molar-refractivity contribution in [1.82, 2.24) is 15.0 Å². The third-order valence-electron chi connectivity index (χ3n) is 1.90. The molecule has 0 bridgehead atoms. The van der Waals surface area contributed by atoms with Crippen molar-refractivity contribution in [3.05, 3.63) is 11.5 Å². The summed E-state index contributed by atoms with van der Waals surface area (Å²) in [7, 11) is 3.46. The number of aromatic nitrogens is 2. The molecular weight excluding hydrogens is 220 g/mol. The largest absolute Gasteiger partial charge is 0.364 e. The number of carbonyl (C=O) groups is 1. The minimum Gasteiger partial charge on any atom is -0.364 e. The number of amides is 1. The van der Waals surface area contributed by atoms with Gasteiger partial charge in [-0.2, -0.15) is 0 Å². The Bertz CT molecular complexity index is 420. The van der Waals surface area contributed by atoms with Crippen LogP contribution in [0.2, 0.25) is 0 Å². The van der Waals surface area contributed by atoms with Crippen molar-refractivity contribution in [2.24, 2.45) is 22.0 Å². The number of nitrogens with one attached hydrogen (secondary N) is 1. The van der Waals surface area contributed by atoms with Gasteiger partial charge in [-0.3, -0.25) is 9.80 Å². The number of rotatable bonds is 5. The van der Waals surface area contributed by atoms with E-state index in [2.05, 4.69) is 34.2 Å². The van der Waals surface area contributed by atoms with Gasteiger partial charge in [0.2, 0.25) is 5.82 Å². The molecule has 0 aliphatic rings. The van der Waals surface area contributed by atoms with Crippen molar-refractivity contribution < 1.29 is 4.79 Å². The number of primary amides is 1. The maximum atomic E-state index is 11.2. The summed E-state index contributed by atoms with van der Waals surface area (Å²) in [4.78, 5) is 18.3. The van der Waals surface area contributed by atoms with Gasteiger partial charge in [0.15, 0.2) is 5.69 Å². The minimum atomic E-state index is -0.583. The van der Waals surface area contributed by atoms with Crippen LogP contribution in [0.4, 0.5) is 5.82 Å². The Morgan fingerprint density at radius 1 is 1.53 bits per heavy atom. The third-order valence-corrected chi connectivity index (χ3v) is 1.90. The van der Waals surface area contributed by atoms with Gasteiger partial charge in [0.1, 0.15) is 5.82 Å². The summed E-state index contributed by atoms with van der Waals surface area (Å²) in [5.74, 6) is 0.782. The van der Waals surface area contributed by atoms with Crippen LogP contribution in [-0.4, -0.2) is 35.0 Å². The first-order valence-corrected chi connectivity index (χ1v) is 5.37. The van der Waals surface area contributed by atoms with Crippen LogP contribution in [0.5, 0.6) is 0 Å². The van der Waals surface area contributed by atoms with Gasteiger partial charge in [-0.15, -0.1) is 5.11 Å². The SMILES string of the molecule is CC(C)Cc1nc(N=NN(C)C)c(C(N)=O)[nH]1. The van der Waals surface area contributed by atoms with Crippen LogP contribution in [0.1, 0.15) is 30.2 Å².